The summed E-state index contributed by atoms with van der Waals surface area (Å²) in [6, 6.07) is -0.189. The average Bonchev–Trinajstić information content (AvgIpc) is 2.83. The first-order valence-electron chi connectivity index (χ1n) is 5.79. The molecule has 6 heteroatoms. The molecule has 5 nitrogen and oxygen atoms in total. The Labute approximate surface area is 105 Å². The van der Waals surface area contributed by atoms with Gasteiger partial charge in [-0.2, -0.15) is 0 Å². The third-order valence-corrected chi connectivity index (χ3v) is 3.40. The topological polar surface area (TPSA) is 54.5 Å². The third-order valence-electron chi connectivity index (χ3n) is 2.76. The van der Waals surface area contributed by atoms with Crippen molar-refractivity contribution >= 4 is 17.3 Å². The van der Waals surface area contributed by atoms with Crippen molar-refractivity contribution in [3.05, 3.63) is 16.6 Å². The summed E-state index contributed by atoms with van der Waals surface area (Å²) < 4.78 is 5.09. The molecule has 94 valence electrons. The lowest BCUT2D eigenvalue weighted by atomic mass is 10.2. The fourth-order valence-corrected chi connectivity index (χ4v) is 2.48. The van der Waals surface area contributed by atoms with Gasteiger partial charge >= 0.3 is 5.97 Å². The van der Waals surface area contributed by atoms with E-state index < -0.39 is 0 Å². The van der Waals surface area contributed by atoms with Crippen LogP contribution in [0.4, 0.5) is 0 Å². The van der Waals surface area contributed by atoms with Crippen LogP contribution in [0.15, 0.2) is 10.9 Å². The molecule has 0 aromatic carbocycles. The molecule has 1 saturated heterocycles. The molecule has 0 saturated carbocycles. The Hall–Kier alpha value is -0.980. The second-order valence-corrected chi connectivity index (χ2v) is 4.64. The lowest BCUT2D eigenvalue weighted by Gasteiger charge is -2.33. The van der Waals surface area contributed by atoms with E-state index in [2.05, 4.69) is 15.2 Å². The zero-order valence-electron chi connectivity index (χ0n) is 9.89. The first-order valence-corrected chi connectivity index (χ1v) is 6.74. The molecular weight excluding hydrogens is 238 g/mol. The minimum atomic E-state index is -0.189. The molecule has 1 unspecified atom stereocenters. The lowest BCUT2D eigenvalue weighted by molar-refractivity contribution is -0.150. The normalized spacial score (nSPS) is 21.4. The molecule has 1 aliphatic heterocycles. The number of nitrogens with zero attached hydrogens (tertiary/aromatic N) is 2. The highest BCUT2D eigenvalue weighted by molar-refractivity contribution is 7.07. The Balaban J connectivity index is 1.99. The van der Waals surface area contributed by atoms with Gasteiger partial charge in [0, 0.05) is 31.6 Å². The maximum Gasteiger partial charge on any atom is 0.324 e. The molecule has 1 fully saturated rings. The van der Waals surface area contributed by atoms with E-state index in [0.717, 1.165) is 18.8 Å². The molecular formula is C11H17N3O2S. The smallest absolute Gasteiger partial charge is 0.324 e. The van der Waals surface area contributed by atoms with Crippen LogP contribution in [0.3, 0.4) is 0 Å². The van der Waals surface area contributed by atoms with Crippen LogP contribution in [0.2, 0.25) is 0 Å². The predicted molar refractivity (Wildman–Crippen MR) is 65.8 cm³/mol. The second-order valence-electron chi connectivity index (χ2n) is 3.92. The Bertz CT molecular complexity index is 356. The second kappa shape index (κ2) is 6.09. The maximum atomic E-state index is 11.8. The number of ether oxygens (including phenoxy) is 1. The van der Waals surface area contributed by atoms with Gasteiger partial charge in [0.25, 0.3) is 0 Å². The van der Waals surface area contributed by atoms with E-state index in [-0.39, 0.29) is 12.0 Å². The van der Waals surface area contributed by atoms with E-state index in [0.29, 0.717) is 19.7 Å². The van der Waals surface area contributed by atoms with Crippen molar-refractivity contribution in [1.29, 1.82) is 0 Å². The highest BCUT2D eigenvalue weighted by atomic mass is 32.1. The average molecular weight is 255 g/mol. The van der Waals surface area contributed by atoms with Crippen molar-refractivity contribution in [2.45, 2.75) is 19.5 Å². The largest absolute Gasteiger partial charge is 0.465 e. The molecule has 0 spiro atoms. The van der Waals surface area contributed by atoms with E-state index in [9.17, 15) is 4.79 Å². The third kappa shape index (κ3) is 3.24. The summed E-state index contributed by atoms with van der Waals surface area (Å²) in [5.74, 6) is -0.144. The van der Waals surface area contributed by atoms with Crippen molar-refractivity contribution in [3.8, 4) is 0 Å². The maximum absolute atomic E-state index is 11.8. The summed E-state index contributed by atoms with van der Waals surface area (Å²) in [6.07, 6.45) is 0. The minimum Gasteiger partial charge on any atom is -0.465 e. The molecule has 1 atom stereocenters. The highest BCUT2D eigenvalue weighted by Gasteiger charge is 2.29. The first kappa shape index (κ1) is 12.5. The van der Waals surface area contributed by atoms with Gasteiger partial charge in [0.2, 0.25) is 0 Å². The zero-order valence-corrected chi connectivity index (χ0v) is 10.7. The molecule has 0 amide bonds. The van der Waals surface area contributed by atoms with E-state index >= 15 is 0 Å². The van der Waals surface area contributed by atoms with Gasteiger partial charge in [-0.05, 0) is 6.92 Å². The molecule has 2 heterocycles. The SMILES string of the molecule is CCOC(=O)C1CNCCN1Cc1cscn1. The van der Waals surface area contributed by atoms with Crippen LogP contribution in [0.25, 0.3) is 0 Å². The lowest BCUT2D eigenvalue weighted by Crippen LogP contribution is -2.54. The summed E-state index contributed by atoms with van der Waals surface area (Å²) in [4.78, 5) is 18.2. The van der Waals surface area contributed by atoms with E-state index in [1.165, 1.54) is 0 Å². The van der Waals surface area contributed by atoms with Gasteiger partial charge < -0.3 is 10.1 Å². The van der Waals surface area contributed by atoms with Crippen molar-refractivity contribution in [1.82, 2.24) is 15.2 Å². The van der Waals surface area contributed by atoms with Gasteiger partial charge in [-0.15, -0.1) is 11.3 Å². The predicted octanol–water partition coefficient (Wildman–Crippen LogP) is 0.480. The van der Waals surface area contributed by atoms with Crippen molar-refractivity contribution in [2.75, 3.05) is 26.2 Å². The van der Waals surface area contributed by atoms with Crippen LogP contribution in [-0.4, -0.2) is 48.1 Å². The van der Waals surface area contributed by atoms with E-state index in [4.69, 9.17) is 4.74 Å². The van der Waals surface area contributed by atoms with Gasteiger partial charge in [0.1, 0.15) is 6.04 Å². The Morgan fingerprint density at radius 1 is 1.76 bits per heavy atom. The highest BCUT2D eigenvalue weighted by Crippen LogP contribution is 2.11. The van der Waals surface area contributed by atoms with E-state index in [1.54, 1.807) is 11.3 Å². The van der Waals surface area contributed by atoms with Crippen molar-refractivity contribution in [2.24, 2.45) is 0 Å². The number of piperazine rings is 1. The molecule has 0 radical (unpaired) electrons. The summed E-state index contributed by atoms with van der Waals surface area (Å²) in [6.45, 7) is 5.39. The van der Waals surface area contributed by atoms with Crippen LogP contribution < -0.4 is 5.32 Å². The van der Waals surface area contributed by atoms with Gasteiger partial charge in [-0.1, -0.05) is 0 Å². The first-order chi connectivity index (χ1) is 8.31. The van der Waals surface area contributed by atoms with Crippen molar-refractivity contribution < 1.29 is 9.53 Å². The van der Waals surface area contributed by atoms with Gasteiger partial charge in [0.15, 0.2) is 0 Å². The summed E-state index contributed by atoms with van der Waals surface area (Å²) in [7, 11) is 0. The van der Waals surface area contributed by atoms with Crippen LogP contribution in [-0.2, 0) is 16.1 Å². The molecule has 0 bridgehead atoms. The molecule has 2 rings (SSSR count). The monoisotopic (exact) mass is 255 g/mol. The number of hydrogen-bond donors (Lipinski definition) is 1. The quantitative estimate of drug-likeness (QED) is 0.793. The van der Waals surface area contributed by atoms with Crippen LogP contribution in [0.5, 0.6) is 0 Å². The summed E-state index contributed by atoms with van der Waals surface area (Å²) >= 11 is 1.58. The van der Waals surface area contributed by atoms with Gasteiger partial charge in [-0.25, -0.2) is 4.98 Å². The number of rotatable bonds is 4. The number of hydrogen-bond acceptors (Lipinski definition) is 6. The van der Waals surface area contributed by atoms with Crippen LogP contribution >= 0.6 is 11.3 Å². The molecule has 1 aliphatic rings. The number of carbonyl (C=O) groups excluding carboxylic acids is 1. The molecule has 1 N–H and O–H groups in total. The fourth-order valence-electron chi connectivity index (χ4n) is 1.93. The number of thiazole rings is 1. The summed E-state index contributed by atoms with van der Waals surface area (Å²) in [5.41, 5.74) is 2.84. The standard InChI is InChI=1S/C11H17N3O2S/c1-2-16-11(15)10-5-12-3-4-14(10)6-9-7-17-8-13-9/h7-8,10,12H,2-6H2,1H3. The Morgan fingerprint density at radius 3 is 3.35 bits per heavy atom. The Morgan fingerprint density at radius 2 is 2.65 bits per heavy atom. The minimum absolute atomic E-state index is 0.144. The van der Waals surface area contributed by atoms with Crippen molar-refractivity contribution in [3.63, 3.8) is 0 Å². The molecule has 1 aromatic rings. The number of aromatic nitrogens is 1. The Kier molecular flexibility index (Phi) is 4.47. The zero-order chi connectivity index (χ0) is 12.1. The fraction of sp³-hybridized carbons (Fsp3) is 0.636. The number of carbonyl (C=O) groups is 1. The van der Waals surface area contributed by atoms with Crippen LogP contribution in [0.1, 0.15) is 12.6 Å². The molecule has 17 heavy (non-hydrogen) atoms. The van der Waals surface area contributed by atoms with Gasteiger partial charge in [-0.3, -0.25) is 9.69 Å². The van der Waals surface area contributed by atoms with E-state index in [1.807, 2.05) is 17.8 Å². The molecule has 0 aliphatic carbocycles. The molecule has 1 aromatic heterocycles. The number of esters is 1. The summed E-state index contributed by atoms with van der Waals surface area (Å²) in [5, 5.41) is 5.24. The van der Waals surface area contributed by atoms with Crippen LogP contribution in [0, 0.1) is 0 Å². The van der Waals surface area contributed by atoms with Gasteiger partial charge in [0.05, 0.1) is 17.8 Å². The number of nitrogens with one attached hydrogen (secondary N) is 1.